The molecule has 0 saturated carbocycles. The molecule has 0 bridgehead atoms. The third-order valence-corrected chi connectivity index (χ3v) is 4.99. The smallest absolute Gasteiger partial charge is 0.230 e. The molecule has 6 nitrogen and oxygen atoms in total. The largest absolute Gasteiger partial charge is 0.300 e. The number of rotatable bonds is 6. The number of anilines is 1. The molecule has 3 rings (SSSR count). The van der Waals surface area contributed by atoms with Gasteiger partial charge in [-0.25, -0.2) is 0 Å². The molecule has 0 atom stereocenters. The van der Waals surface area contributed by atoms with Crippen molar-refractivity contribution in [1.29, 1.82) is 0 Å². The zero-order valence-corrected chi connectivity index (χ0v) is 16.3. The predicted octanol–water partition coefficient (Wildman–Crippen LogP) is 3.86. The molecular formula is C19H23N5OS. The Labute approximate surface area is 157 Å². The van der Waals surface area contributed by atoms with Gasteiger partial charge in [-0.1, -0.05) is 55.5 Å². The van der Waals surface area contributed by atoms with Gasteiger partial charge in [0, 0.05) is 23.4 Å². The normalized spacial score (nSPS) is 11.1. The summed E-state index contributed by atoms with van der Waals surface area (Å²) in [6.07, 6.45) is 0.288. The topological polar surface area (TPSA) is 72.7 Å². The molecular weight excluding hydrogens is 346 g/mol. The first-order valence-electron chi connectivity index (χ1n) is 8.65. The number of amides is 1. The third-order valence-electron chi connectivity index (χ3n) is 4.10. The summed E-state index contributed by atoms with van der Waals surface area (Å²) in [6, 6.07) is 9.81. The van der Waals surface area contributed by atoms with Crippen LogP contribution in [0.2, 0.25) is 0 Å². The van der Waals surface area contributed by atoms with Gasteiger partial charge in [-0.15, -0.1) is 10.2 Å². The highest BCUT2D eigenvalue weighted by molar-refractivity contribution is 7.18. The molecule has 0 spiro atoms. The highest BCUT2D eigenvalue weighted by Crippen LogP contribution is 2.26. The van der Waals surface area contributed by atoms with Gasteiger partial charge < -0.3 is 5.32 Å². The molecule has 7 heteroatoms. The Morgan fingerprint density at radius 1 is 1.19 bits per heavy atom. The first kappa shape index (κ1) is 18.3. The van der Waals surface area contributed by atoms with Crippen LogP contribution in [0.1, 0.15) is 30.8 Å². The average Bonchev–Trinajstić information content (AvgIpc) is 3.16. The number of aromatic nitrogens is 4. The molecule has 0 aliphatic rings. The first-order chi connectivity index (χ1) is 12.4. The van der Waals surface area contributed by atoms with E-state index in [9.17, 15) is 4.79 Å². The van der Waals surface area contributed by atoms with Crippen LogP contribution in [0.5, 0.6) is 0 Å². The van der Waals surface area contributed by atoms with Crippen LogP contribution in [0.3, 0.4) is 0 Å². The summed E-state index contributed by atoms with van der Waals surface area (Å²) in [5.41, 5.74) is 3.93. The minimum atomic E-state index is -0.101. The van der Waals surface area contributed by atoms with Gasteiger partial charge in [-0.2, -0.15) is 5.10 Å². The number of nitrogens with one attached hydrogen (secondary N) is 1. The summed E-state index contributed by atoms with van der Waals surface area (Å²) in [4.78, 5) is 12.5. The van der Waals surface area contributed by atoms with Crippen molar-refractivity contribution in [2.24, 2.45) is 5.92 Å². The monoisotopic (exact) mass is 369 g/mol. The van der Waals surface area contributed by atoms with Crippen LogP contribution in [-0.2, 0) is 17.8 Å². The fraction of sp³-hybridized carbons (Fsp3) is 0.368. The number of carbonyl (C=O) groups excluding carboxylic acids is 1. The summed E-state index contributed by atoms with van der Waals surface area (Å²) in [7, 11) is 0. The van der Waals surface area contributed by atoms with Crippen molar-refractivity contribution in [3.05, 3.63) is 47.3 Å². The number of hydrogen-bond donors (Lipinski definition) is 1. The van der Waals surface area contributed by atoms with Crippen molar-refractivity contribution in [1.82, 2.24) is 20.0 Å². The molecule has 0 aliphatic heterocycles. The summed E-state index contributed by atoms with van der Waals surface area (Å²) < 4.78 is 1.99. The highest BCUT2D eigenvalue weighted by atomic mass is 32.1. The van der Waals surface area contributed by atoms with Gasteiger partial charge in [0.15, 0.2) is 0 Å². The average molecular weight is 369 g/mol. The van der Waals surface area contributed by atoms with Crippen molar-refractivity contribution in [2.45, 2.75) is 40.7 Å². The predicted molar refractivity (Wildman–Crippen MR) is 104 cm³/mol. The van der Waals surface area contributed by atoms with E-state index in [0.717, 1.165) is 34.1 Å². The molecule has 1 N–H and O–H groups in total. The Morgan fingerprint density at radius 2 is 1.92 bits per heavy atom. The van der Waals surface area contributed by atoms with Crippen LogP contribution in [0.15, 0.2) is 30.3 Å². The minimum absolute atomic E-state index is 0.101. The molecule has 1 aromatic carbocycles. The SMILES string of the molecule is Cc1nn(CC(C)C)c(C)c1CC(=O)Nc1nnc(-c2ccccc2)s1. The molecule has 1 amide bonds. The third kappa shape index (κ3) is 4.16. The van der Waals surface area contributed by atoms with E-state index in [1.807, 2.05) is 48.9 Å². The van der Waals surface area contributed by atoms with E-state index in [1.54, 1.807) is 0 Å². The fourth-order valence-electron chi connectivity index (χ4n) is 2.81. The van der Waals surface area contributed by atoms with Gasteiger partial charge in [0.25, 0.3) is 0 Å². The molecule has 2 aromatic heterocycles. The van der Waals surface area contributed by atoms with Crippen LogP contribution >= 0.6 is 11.3 Å². The van der Waals surface area contributed by atoms with Gasteiger partial charge >= 0.3 is 0 Å². The van der Waals surface area contributed by atoms with Crippen LogP contribution in [-0.4, -0.2) is 25.9 Å². The van der Waals surface area contributed by atoms with E-state index in [0.29, 0.717) is 11.0 Å². The van der Waals surface area contributed by atoms with E-state index >= 15 is 0 Å². The van der Waals surface area contributed by atoms with E-state index < -0.39 is 0 Å². The van der Waals surface area contributed by atoms with Crippen molar-refractivity contribution >= 4 is 22.4 Å². The summed E-state index contributed by atoms with van der Waals surface area (Å²) >= 11 is 1.37. The fourth-order valence-corrected chi connectivity index (χ4v) is 3.57. The maximum Gasteiger partial charge on any atom is 0.230 e. The highest BCUT2D eigenvalue weighted by Gasteiger charge is 2.17. The second kappa shape index (κ2) is 7.78. The molecule has 0 radical (unpaired) electrons. The van der Waals surface area contributed by atoms with Crippen molar-refractivity contribution in [3.63, 3.8) is 0 Å². The van der Waals surface area contributed by atoms with Crippen LogP contribution < -0.4 is 5.32 Å². The molecule has 0 unspecified atom stereocenters. The molecule has 2 heterocycles. The van der Waals surface area contributed by atoms with Crippen LogP contribution in [0, 0.1) is 19.8 Å². The summed E-state index contributed by atoms with van der Waals surface area (Å²) in [5, 5.41) is 17.0. The zero-order valence-electron chi connectivity index (χ0n) is 15.5. The van der Waals surface area contributed by atoms with E-state index in [2.05, 4.69) is 34.5 Å². The first-order valence-corrected chi connectivity index (χ1v) is 9.47. The molecule has 26 heavy (non-hydrogen) atoms. The molecule has 0 aliphatic carbocycles. The second-order valence-corrected chi connectivity index (χ2v) is 7.71. The van der Waals surface area contributed by atoms with E-state index in [-0.39, 0.29) is 12.3 Å². The van der Waals surface area contributed by atoms with E-state index in [1.165, 1.54) is 11.3 Å². The van der Waals surface area contributed by atoms with Crippen LogP contribution in [0.4, 0.5) is 5.13 Å². The van der Waals surface area contributed by atoms with Gasteiger partial charge in [0.1, 0.15) is 5.01 Å². The lowest BCUT2D eigenvalue weighted by molar-refractivity contribution is -0.115. The number of carbonyl (C=O) groups is 1. The van der Waals surface area contributed by atoms with Gasteiger partial charge in [0.05, 0.1) is 12.1 Å². The number of nitrogens with zero attached hydrogens (tertiary/aromatic N) is 4. The Kier molecular flexibility index (Phi) is 5.46. The molecule has 0 fully saturated rings. The zero-order chi connectivity index (χ0) is 18.7. The maximum absolute atomic E-state index is 12.5. The quantitative estimate of drug-likeness (QED) is 0.716. The summed E-state index contributed by atoms with van der Waals surface area (Å²) in [5.74, 6) is 0.406. The van der Waals surface area contributed by atoms with Gasteiger partial charge in [-0.05, 0) is 19.8 Å². The van der Waals surface area contributed by atoms with Gasteiger partial charge in [-0.3, -0.25) is 9.48 Å². The Morgan fingerprint density at radius 3 is 2.62 bits per heavy atom. The standard InChI is InChI=1S/C19H23N5OS/c1-12(2)11-24-14(4)16(13(3)23-24)10-17(25)20-19-22-21-18(26-19)15-8-6-5-7-9-15/h5-9,12H,10-11H2,1-4H3,(H,20,22,25). The number of benzene rings is 1. The lowest BCUT2D eigenvalue weighted by Gasteiger charge is -2.08. The van der Waals surface area contributed by atoms with Gasteiger partial charge in [0.2, 0.25) is 11.0 Å². The minimum Gasteiger partial charge on any atom is -0.300 e. The van der Waals surface area contributed by atoms with Crippen LogP contribution in [0.25, 0.3) is 10.6 Å². The molecule has 3 aromatic rings. The lowest BCUT2D eigenvalue weighted by Crippen LogP contribution is -2.15. The Balaban J connectivity index is 1.68. The second-order valence-electron chi connectivity index (χ2n) is 6.73. The molecule has 136 valence electrons. The summed E-state index contributed by atoms with van der Waals surface area (Å²) in [6.45, 7) is 9.13. The van der Waals surface area contributed by atoms with Crippen molar-refractivity contribution in [2.75, 3.05) is 5.32 Å². The number of hydrogen-bond acceptors (Lipinski definition) is 5. The van der Waals surface area contributed by atoms with Crippen molar-refractivity contribution in [3.8, 4) is 10.6 Å². The lowest BCUT2D eigenvalue weighted by atomic mass is 10.1. The maximum atomic E-state index is 12.5. The Bertz CT molecular complexity index is 898. The van der Waals surface area contributed by atoms with Crippen molar-refractivity contribution < 1.29 is 4.79 Å². The van der Waals surface area contributed by atoms with E-state index in [4.69, 9.17) is 0 Å². The molecule has 0 saturated heterocycles. The number of aryl methyl sites for hydroxylation is 1. The Hall–Kier alpha value is -2.54.